The highest BCUT2D eigenvalue weighted by Gasteiger charge is 2.32. The largest absolute Gasteiger partial charge is 0.385 e. The average molecular weight is 218 g/mol. The molecule has 1 nitrogen and oxygen atoms in total. The van der Waals surface area contributed by atoms with Crippen LogP contribution in [-0.2, 0) is 5.60 Å². The van der Waals surface area contributed by atoms with Crippen molar-refractivity contribution in [2.75, 3.05) is 0 Å². The molecule has 1 fully saturated rings. The average Bonchev–Trinajstić information content (AvgIpc) is 2.77. The van der Waals surface area contributed by atoms with Crippen molar-refractivity contribution in [3.8, 4) is 0 Å². The summed E-state index contributed by atoms with van der Waals surface area (Å²) in [4.78, 5) is 0. The van der Waals surface area contributed by atoms with Gasteiger partial charge in [0.2, 0.25) is 0 Å². The molecule has 1 aromatic rings. The van der Waals surface area contributed by atoms with Crippen molar-refractivity contribution in [3.63, 3.8) is 0 Å². The fraction of sp³-hybridized carbons (Fsp3) is 0.600. The first-order chi connectivity index (χ1) is 7.65. The summed E-state index contributed by atoms with van der Waals surface area (Å²) in [6.07, 6.45) is 5.34. The van der Waals surface area contributed by atoms with E-state index in [0.717, 1.165) is 31.2 Å². The van der Waals surface area contributed by atoms with Gasteiger partial charge in [0.05, 0.1) is 5.60 Å². The minimum absolute atomic E-state index is 0.534. The Bertz CT molecular complexity index is 333. The predicted octanol–water partition coefficient (Wildman–Crippen LogP) is 3.96. The lowest BCUT2D eigenvalue weighted by molar-refractivity contribution is 0.0444. The Labute approximate surface area is 98.5 Å². The van der Waals surface area contributed by atoms with E-state index in [4.69, 9.17) is 0 Å². The van der Waals surface area contributed by atoms with E-state index in [2.05, 4.69) is 38.1 Å². The zero-order valence-electron chi connectivity index (χ0n) is 10.4. The Hall–Kier alpha value is -0.820. The van der Waals surface area contributed by atoms with Crippen LogP contribution in [0.15, 0.2) is 24.3 Å². The summed E-state index contributed by atoms with van der Waals surface area (Å²) in [5.41, 5.74) is 1.96. The lowest BCUT2D eigenvalue weighted by Gasteiger charge is -2.23. The third-order valence-corrected chi connectivity index (χ3v) is 4.06. The summed E-state index contributed by atoms with van der Waals surface area (Å²) in [5.74, 6) is 0.618. The third kappa shape index (κ3) is 2.15. The summed E-state index contributed by atoms with van der Waals surface area (Å²) < 4.78 is 0. The highest BCUT2D eigenvalue weighted by molar-refractivity contribution is 5.29. The number of benzene rings is 1. The lowest BCUT2D eigenvalue weighted by Crippen LogP contribution is -2.20. The molecule has 16 heavy (non-hydrogen) atoms. The van der Waals surface area contributed by atoms with Crippen LogP contribution in [0.4, 0.5) is 0 Å². The zero-order valence-corrected chi connectivity index (χ0v) is 10.4. The molecule has 2 rings (SSSR count). The highest BCUT2D eigenvalue weighted by atomic mass is 16.3. The third-order valence-electron chi connectivity index (χ3n) is 4.06. The molecule has 0 saturated heterocycles. The van der Waals surface area contributed by atoms with Crippen LogP contribution in [0.5, 0.6) is 0 Å². The van der Waals surface area contributed by atoms with Gasteiger partial charge in [-0.05, 0) is 36.3 Å². The molecule has 1 heteroatoms. The Morgan fingerprint density at radius 1 is 1.19 bits per heavy atom. The van der Waals surface area contributed by atoms with Crippen LogP contribution >= 0.6 is 0 Å². The first-order valence-corrected chi connectivity index (χ1v) is 6.48. The lowest BCUT2D eigenvalue weighted by atomic mass is 9.89. The first-order valence-electron chi connectivity index (χ1n) is 6.48. The molecule has 88 valence electrons. The molecule has 1 aliphatic rings. The second kappa shape index (κ2) is 4.58. The molecule has 0 radical (unpaired) electrons. The Morgan fingerprint density at radius 2 is 1.75 bits per heavy atom. The van der Waals surface area contributed by atoms with Crippen molar-refractivity contribution in [2.24, 2.45) is 0 Å². The maximum atomic E-state index is 10.4. The van der Waals surface area contributed by atoms with Crippen LogP contribution in [0.3, 0.4) is 0 Å². The molecule has 1 aromatic carbocycles. The van der Waals surface area contributed by atoms with Crippen LogP contribution in [-0.4, -0.2) is 5.11 Å². The number of aliphatic hydroxyl groups is 1. The van der Waals surface area contributed by atoms with E-state index in [-0.39, 0.29) is 0 Å². The molecule has 0 aliphatic heterocycles. The Kier molecular flexibility index (Phi) is 3.34. The van der Waals surface area contributed by atoms with Gasteiger partial charge in [-0.3, -0.25) is 0 Å². The van der Waals surface area contributed by atoms with E-state index >= 15 is 0 Å². The molecule has 0 aromatic heterocycles. The van der Waals surface area contributed by atoms with Crippen LogP contribution in [0, 0.1) is 0 Å². The first kappa shape index (κ1) is 11.7. The van der Waals surface area contributed by atoms with E-state index in [1.807, 2.05) is 0 Å². The minimum Gasteiger partial charge on any atom is -0.385 e. The van der Waals surface area contributed by atoms with Crippen molar-refractivity contribution in [3.05, 3.63) is 35.4 Å². The second-order valence-electron chi connectivity index (χ2n) is 5.17. The Balaban J connectivity index is 2.18. The quantitative estimate of drug-likeness (QED) is 0.814. The zero-order chi connectivity index (χ0) is 11.6. The van der Waals surface area contributed by atoms with Crippen molar-refractivity contribution in [1.82, 2.24) is 0 Å². The predicted molar refractivity (Wildman–Crippen MR) is 67.5 cm³/mol. The molecular formula is C15H22O. The second-order valence-corrected chi connectivity index (χ2v) is 5.17. The van der Waals surface area contributed by atoms with Crippen LogP contribution in [0.2, 0.25) is 0 Å². The number of hydrogen-bond donors (Lipinski definition) is 1. The van der Waals surface area contributed by atoms with Gasteiger partial charge in [0, 0.05) is 0 Å². The van der Waals surface area contributed by atoms with Crippen LogP contribution < -0.4 is 0 Å². The normalized spacial score (nSPS) is 20.9. The topological polar surface area (TPSA) is 20.2 Å². The molecule has 1 unspecified atom stereocenters. The summed E-state index contributed by atoms with van der Waals surface area (Å²) >= 11 is 0. The molecular weight excluding hydrogens is 196 g/mol. The van der Waals surface area contributed by atoms with Gasteiger partial charge in [-0.1, -0.05) is 51.0 Å². The number of hydrogen-bond acceptors (Lipinski definition) is 1. The molecule has 1 saturated carbocycles. The number of rotatable bonds is 3. The fourth-order valence-electron chi connectivity index (χ4n) is 2.61. The molecule has 0 bridgehead atoms. The summed E-state index contributed by atoms with van der Waals surface area (Å²) in [6.45, 7) is 4.46. The van der Waals surface area contributed by atoms with E-state index in [0.29, 0.717) is 5.92 Å². The minimum atomic E-state index is -0.534. The van der Waals surface area contributed by atoms with E-state index in [1.165, 1.54) is 12.0 Å². The standard InChI is InChI=1S/C15H22O/c1-3-12(2)13-6-8-14(9-7-13)15(16)10-4-5-11-15/h6-9,12,16H,3-5,10-11H2,1-2H3. The van der Waals surface area contributed by atoms with Gasteiger partial charge in [-0.15, -0.1) is 0 Å². The summed E-state index contributed by atoms with van der Waals surface area (Å²) in [5, 5.41) is 10.4. The van der Waals surface area contributed by atoms with E-state index < -0.39 is 5.60 Å². The molecule has 0 spiro atoms. The summed E-state index contributed by atoms with van der Waals surface area (Å²) in [6, 6.07) is 8.60. The smallest absolute Gasteiger partial charge is 0.0896 e. The van der Waals surface area contributed by atoms with Gasteiger partial charge in [0.15, 0.2) is 0 Å². The van der Waals surface area contributed by atoms with Gasteiger partial charge >= 0.3 is 0 Å². The highest BCUT2D eigenvalue weighted by Crippen LogP contribution is 2.38. The SMILES string of the molecule is CCC(C)c1ccc(C2(O)CCCC2)cc1. The molecule has 1 aliphatic carbocycles. The van der Waals surface area contributed by atoms with Crippen molar-refractivity contribution >= 4 is 0 Å². The van der Waals surface area contributed by atoms with Crippen molar-refractivity contribution in [2.45, 2.75) is 57.5 Å². The summed E-state index contributed by atoms with van der Waals surface area (Å²) in [7, 11) is 0. The monoisotopic (exact) mass is 218 g/mol. The van der Waals surface area contributed by atoms with Gasteiger partial charge in [0.25, 0.3) is 0 Å². The molecule has 1 atom stereocenters. The van der Waals surface area contributed by atoms with Gasteiger partial charge in [-0.2, -0.15) is 0 Å². The maximum absolute atomic E-state index is 10.4. The fourth-order valence-corrected chi connectivity index (χ4v) is 2.61. The van der Waals surface area contributed by atoms with E-state index in [1.54, 1.807) is 0 Å². The Morgan fingerprint density at radius 3 is 2.25 bits per heavy atom. The van der Waals surface area contributed by atoms with Gasteiger partial charge in [0.1, 0.15) is 0 Å². The van der Waals surface area contributed by atoms with Crippen LogP contribution in [0.1, 0.15) is 63.0 Å². The van der Waals surface area contributed by atoms with Crippen molar-refractivity contribution in [1.29, 1.82) is 0 Å². The van der Waals surface area contributed by atoms with Crippen LogP contribution in [0.25, 0.3) is 0 Å². The van der Waals surface area contributed by atoms with Crippen molar-refractivity contribution < 1.29 is 5.11 Å². The van der Waals surface area contributed by atoms with E-state index in [9.17, 15) is 5.11 Å². The van der Waals surface area contributed by atoms with Gasteiger partial charge < -0.3 is 5.11 Å². The van der Waals surface area contributed by atoms with Gasteiger partial charge in [-0.25, -0.2) is 0 Å². The molecule has 0 amide bonds. The molecule has 0 heterocycles. The maximum Gasteiger partial charge on any atom is 0.0896 e. The molecule has 1 N–H and O–H groups in total.